The quantitative estimate of drug-likeness (QED) is 0.721. The van der Waals surface area contributed by atoms with Crippen LogP contribution in [0.5, 0.6) is 0 Å². The number of allylic oxidation sites excluding steroid dienone is 1. The van der Waals surface area contributed by atoms with Gasteiger partial charge >= 0.3 is 0 Å². The summed E-state index contributed by atoms with van der Waals surface area (Å²) in [5.74, 6) is 3.26. The van der Waals surface area contributed by atoms with E-state index in [1.807, 2.05) is 12.1 Å². The van der Waals surface area contributed by atoms with Gasteiger partial charge in [-0.25, -0.2) is 0 Å². The van der Waals surface area contributed by atoms with Crippen molar-refractivity contribution in [3.8, 4) is 12.3 Å². The second kappa shape index (κ2) is 6.34. The molecule has 2 aromatic carbocycles. The fraction of sp³-hybridized carbons (Fsp3) is 0.273. The lowest BCUT2D eigenvalue weighted by atomic mass is 9.97. The van der Waals surface area contributed by atoms with E-state index in [1.54, 1.807) is 0 Å². The van der Waals surface area contributed by atoms with Crippen LogP contribution in [-0.2, 0) is 0 Å². The van der Waals surface area contributed by atoms with Gasteiger partial charge in [-0.1, -0.05) is 36.3 Å². The van der Waals surface area contributed by atoms with Gasteiger partial charge < -0.3 is 4.90 Å². The van der Waals surface area contributed by atoms with Crippen molar-refractivity contribution in [3.05, 3.63) is 71.3 Å². The lowest BCUT2D eigenvalue weighted by molar-refractivity contribution is 0.775. The molecule has 1 atom stereocenters. The van der Waals surface area contributed by atoms with Crippen molar-refractivity contribution in [2.24, 2.45) is 0 Å². The molecule has 1 fully saturated rings. The first-order valence-electron chi connectivity index (χ1n) is 8.16. The summed E-state index contributed by atoms with van der Waals surface area (Å²) in [5, 5.41) is 0. The molecule has 23 heavy (non-hydrogen) atoms. The zero-order valence-corrected chi connectivity index (χ0v) is 14.0. The van der Waals surface area contributed by atoms with Crippen LogP contribution in [0.15, 0.2) is 49.0 Å². The Labute approximate surface area is 139 Å². The number of hydrogen-bond acceptors (Lipinski definition) is 1. The van der Waals surface area contributed by atoms with Gasteiger partial charge in [0.15, 0.2) is 0 Å². The zero-order valence-electron chi connectivity index (χ0n) is 14.0. The second-order valence-electron chi connectivity index (χ2n) is 6.48. The number of hydrogen-bond donors (Lipinski definition) is 0. The highest BCUT2D eigenvalue weighted by molar-refractivity contribution is 5.69. The van der Waals surface area contributed by atoms with Crippen LogP contribution >= 0.6 is 0 Å². The molecular formula is C22H23N. The highest BCUT2D eigenvalue weighted by Crippen LogP contribution is 2.32. The molecule has 1 heteroatoms. The number of terminal acetylenes is 1. The Morgan fingerprint density at radius 3 is 2.61 bits per heavy atom. The van der Waals surface area contributed by atoms with Crippen LogP contribution in [0.2, 0.25) is 0 Å². The third kappa shape index (κ3) is 3.17. The van der Waals surface area contributed by atoms with Crippen molar-refractivity contribution in [2.45, 2.75) is 26.2 Å². The normalized spacial score (nSPS) is 17.1. The third-order valence-electron chi connectivity index (χ3n) is 4.78. The van der Waals surface area contributed by atoms with Crippen LogP contribution < -0.4 is 4.90 Å². The largest absolute Gasteiger partial charge is 0.371 e. The highest BCUT2D eigenvalue weighted by Gasteiger charge is 2.24. The zero-order chi connectivity index (χ0) is 16.4. The minimum absolute atomic E-state index is 0.580. The van der Waals surface area contributed by atoms with Crippen LogP contribution in [0.3, 0.4) is 0 Å². The molecule has 1 heterocycles. The van der Waals surface area contributed by atoms with Gasteiger partial charge in [-0.15, -0.1) is 6.42 Å². The van der Waals surface area contributed by atoms with Gasteiger partial charge in [-0.05, 0) is 61.2 Å². The molecule has 0 bridgehead atoms. The van der Waals surface area contributed by atoms with E-state index >= 15 is 0 Å². The molecule has 0 aromatic heterocycles. The van der Waals surface area contributed by atoms with Gasteiger partial charge in [0.2, 0.25) is 0 Å². The predicted octanol–water partition coefficient (Wildman–Crippen LogP) is 5.00. The first-order valence-corrected chi connectivity index (χ1v) is 8.16. The molecule has 0 saturated carbocycles. The monoisotopic (exact) mass is 301 g/mol. The maximum atomic E-state index is 5.44. The topological polar surface area (TPSA) is 3.24 Å². The summed E-state index contributed by atoms with van der Waals surface area (Å²) in [4.78, 5) is 2.48. The molecule has 1 aliphatic heterocycles. The predicted molar refractivity (Wildman–Crippen MR) is 99.8 cm³/mol. The number of nitrogens with zero attached hydrogens (tertiary/aromatic N) is 1. The van der Waals surface area contributed by atoms with E-state index in [0.29, 0.717) is 5.92 Å². The molecule has 2 aromatic rings. The molecule has 116 valence electrons. The number of anilines is 1. The average Bonchev–Trinajstić information content (AvgIpc) is 3.05. The molecule has 1 saturated heterocycles. The standard InChI is InChI=1S/C22H23N/c1-5-18-7-9-19(10-8-18)20-12-13-23(15-20)21-11-6-17(4)22(14-21)16(2)3/h1,6-11,14,20H,2,12-13,15H2,3-4H3. The van der Waals surface area contributed by atoms with E-state index in [-0.39, 0.29) is 0 Å². The van der Waals surface area contributed by atoms with E-state index in [9.17, 15) is 0 Å². The number of aryl methyl sites for hydroxylation is 1. The third-order valence-corrected chi connectivity index (χ3v) is 4.78. The van der Waals surface area contributed by atoms with Crippen LogP contribution in [0.25, 0.3) is 5.57 Å². The van der Waals surface area contributed by atoms with Crippen molar-refractivity contribution in [2.75, 3.05) is 18.0 Å². The Balaban J connectivity index is 1.78. The summed E-state index contributed by atoms with van der Waals surface area (Å²) < 4.78 is 0. The Morgan fingerprint density at radius 2 is 1.96 bits per heavy atom. The van der Waals surface area contributed by atoms with Gasteiger partial charge in [0, 0.05) is 30.3 Å². The lowest BCUT2D eigenvalue weighted by Gasteiger charge is -2.21. The molecule has 0 N–H and O–H groups in total. The van der Waals surface area contributed by atoms with Crippen LogP contribution in [0, 0.1) is 19.3 Å². The van der Waals surface area contributed by atoms with Crippen molar-refractivity contribution in [1.82, 2.24) is 0 Å². The van der Waals surface area contributed by atoms with Gasteiger partial charge in [-0.2, -0.15) is 0 Å². The molecule has 1 nitrogen and oxygen atoms in total. The average molecular weight is 301 g/mol. The summed E-state index contributed by atoms with van der Waals surface area (Å²) in [7, 11) is 0. The van der Waals surface area contributed by atoms with E-state index in [2.05, 4.69) is 61.6 Å². The molecule has 0 amide bonds. The molecule has 0 aliphatic carbocycles. The van der Waals surface area contributed by atoms with Gasteiger partial charge in [0.05, 0.1) is 0 Å². The Bertz CT molecular complexity index is 762. The first-order chi connectivity index (χ1) is 11.1. The fourth-order valence-electron chi connectivity index (χ4n) is 3.38. The summed E-state index contributed by atoms with van der Waals surface area (Å²) in [6.07, 6.45) is 6.62. The summed E-state index contributed by atoms with van der Waals surface area (Å²) >= 11 is 0. The van der Waals surface area contributed by atoms with Crippen molar-refractivity contribution in [3.63, 3.8) is 0 Å². The van der Waals surface area contributed by atoms with Crippen LogP contribution in [0.4, 0.5) is 5.69 Å². The second-order valence-corrected chi connectivity index (χ2v) is 6.48. The van der Waals surface area contributed by atoms with Crippen molar-refractivity contribution < 1.29 is 0 Å². The molecule has 1 unspecified atom stereocenters. The smallest absolute Gasteiger partial charge is 0.0372 e. The molecule has 0 radical (unpaired) electrons. The SMILES string of the molecule is C#Cc1ccc(C2CCN(c3ccc(C)c(C(=C)C)c3)C2)cc1. The van der Waals surface area contributed by atoms with E-state index in [0.717, 1.165) is 24.2 Å². The summed E-state index contributed by atoms with van der Waals surface area (Å²) in [6.45, 7) is 10.5. The van der Waals surface area contributed by atoms with Gasteiger partial charge in [0.25, 0.3) is 0 Å². The number of rotatable bonds is 3. The Hall–Kier alpha value is -2.46. The highest BCUT2D eigenvalue weighted by atomic mass is 15.1. The minimum Gasteiger partial charge on any atom is -0.371 e. The molecular weight excluding hydrogens is 278 g/mol. The minimum atomic E-state index is 0.580. The van der Waals surface area contributed by atoms with Gasteiger partial charge in [0.1, 0.15) is 0 Å². The molecule has 1 aliphatic rings. The molecule has 3 rings (SSSR count). The summed E-state index contributed by atoms with van der Waals surface area (Å²) in [6, 6.07) is 15.2. The maximum absolute atomic E-state index is 5.44. The maximum Gasteiger partial charge on any atom is 0.0372 e. The van der Waals surface area contributed by atoms with Crippen molar-refractivity contribution >= 4 is 11.3 Å². The van der Waals surface area contributed by atoms with E-state index in [1.165, 1.54) is 28.8 Å². The Morgan fingerprint density at radius 1 is 1.22 bits per heavy atom. The van der Waals surface area contributed by atoms with Crippen LogP contribution in [-0.4, -0.2) is 13.1 Å². The Kier molecular flexibility index (Phi) is 4.26. The van der Waals surface area contributed by atoms with E-state index in [4.69, 9.17) is 6.42 Å². The van der Waals surface area contributed by atoms with Crippen molar-refractivity contribution in [1.29, 1.82) is 0 Å². The van der Waals surface area contributed by atoms with Crippen LogP contribution in [0.1, 0.15) is 41.5 Å². The summed E-state index contributed by atoms with van der Waals surface area (Å²) in [5.41, 5.74) is 7.33. The van der Waals surface area contributed by atoms with E-state index < -0.39 is 0 Å². The van der Waals surface area contributed by atoms with Gasteiger partial charge in [-0.3, -0.25) is 0 Å². The molecule has 0 spiro atoms. The first kappa shape index (κ1) is 15.4. The fourth-order valence-corrected chi connectivity index (χ4v) is 3.38. The number of benzene rings is 2. The lowest BCUT2D eigenvalue weighted by Crippen LogP contribution is -2.19.